The van der Waals surface area contributed by atoms with E-state index in [-0.39, 0.29) is 24.0 Å². The third kappa shape index (κ3) is 7.31. The number of benzene rings is 1. The molecule has 0 aliphatic carbocycles. The fourth-order valence-electron chi connectivity index (χ4n) is 2.34. The molecule has 0 atom stereocenters. The van der Waals surface area contributed by atoms with Gasteiger partial charge < -0.3 is 15.2 Å². The van der Waals surface area contributed by atoms with Crippen LogP contribution in [0.15, 0.2) is 33.8 Å². The number of aryl methyl sites for hydroxylation is 1. The molecule has 1 aromatic heterocycles. The molecule has 0 saturated heterocycles. The summed E-state index contributed by atoms with van der Waals surface area (Å²) in [5.41, 5.74) is 2.22. The van der Waals surface area contributed by atoms with Crippen molar-refractivity contribution in [2.24, 2.45) is 4.99 Å². The van der Waals surface area contributed by atoms with E-state index < -0.39 is 0 Å². The van der Waals surface area contributed by atoms with Crippen LogP contribution < -0.4 is 10.6 Å². The van der Waals surface area contributed by atoms with E-state index in [2.05, 4.69) is 51.7 Å². The molecular formula is C19H30IN5O. The molecule has 0 amide bonds. The third-order valence-electron chi connectivity index (χ3n) is 3.82. The molecule has 0 saturated carbocycles. The lowest BCUT2D eigenvalue weighted by Crippen LogP contribution is -2.38. The quantitative estimate of drug-likeness (QED) is 0.252. The van der Waals surface area contributed by atoms with Crippen molar-refractivity contribution in [3.8, 4) is 11.5 Å². The first kappa shape index (κ1) is 22.4. The van der Waals surface area contributed by atoms with E-state index in [1.807, 2.05) is 19.1 Å². The summed E-state index contributed by atoms with van der Waals surface area (Å²) >= 11 is 0. The first-order valence-corrected chi connectivity index (χ1v) is 9.20. The smallest absolute Gasteiger partial charge is 0.257 e. The fourth-order valence-corrected chi connectivity index (χ4v) is 2.34. The monoisotopic (exact) mass is 471 g/mol. The summed E-state index contributed by atoms with van der Waals surface area (Å²) in [7, 11) is 0. The Morgan fingerprint density at radius 2 is 1.88 bits per heavy atom. The molecule has 6 nitrogen and oxygen atoms in total. The predicted molar refractivity (Wildman–Crippen MR) is 117 cm³/mol. The first-order valence-electron chi connectivity index (χ1n) is 9.20. The van der Waals surface area contributed by atoms with E-state index >= 15 is 0 Å². The Kier molecular flexibility index (Phi) is 10.9. The number of guanidine groups is 1. The van der Waals surface area contributed by atoms with Gasteiger partial charge in [0.1, 0.15) is 0 Å². The topological polar surface area (TPSA) is 75.3 Å². The molecular weight excluding hydrogens is 441 g/mol. The zero-order chi connectivity index (χ0) is 17.9. The van der Waals surface area contributed by atoms with Gasteiger partial charge in [-0.2, -0.15) is 4.98 Å². The second-order valence-electron chi connectivity index (χ2n) is 5.86. The highest BCUT2D eigenvalue weighted by atomic mass is 127. The number of aromatic nitrogens is 2. The van der Waals surface area contributed by atoms with E-state index in [0.29, 0.717) is 5.89 Å². The van der Waals surface area contributed by atoms with Crippen LogP contribution in [0.3, 0.4) is 0 Å². The fraction of sp³-hybridized carbons (Fsp3) is 0.526. The average molecular weight is 471 g/mol. The van der Waals surface area contributed by atoms with Gasteiger partial charge in [0.05, 0.1) is 0 Å². The van der Waals surface area contributed by atoms with Crippen molar-refractivity contribution < 1.29 is 4.52 Å². The molecule has 2 rings (SSSR count). The van der Waals surface area contributed by atoms with Crippen molar-refractivity contribution in [2.75, 3.05) is 19.6 Å². The highest BCUT2D eigenvalue weighted by Gasteiger charge is 2.07. The lowest BCUT2D eigenvalue weighted by Gasteiger charge is -2.11. The van der Waals surface area contributed by atoms with E-state index in [1.165, 1.54) is 5.56 Å². The molecule has 144 valence electrons. The molecule has 1 heterocycles. The van der Waals surface area contributed by atoms with Crippen LogP contribution in [0.2, 0.25) is 0 Å². The Bertz CT molecular complexity index is 654. The number of halogens is 1. The maximum Gasteiger partial charge on any atom is 0.257 e. The molecule has 0 unspecified atom stereocenters. The van der Waals surface area contributed by atoms with Crippen LogP contribution in [0.25, 0.3) is 11.5 Å². The summed E-state index contributed by atoms with van der Waals surface area (Å²) in [4.78, 5) is 8.92. The summed E-state index contributed by atoms with van der Waals surface area (Å²) in [5.74, 6) is 2.21. The number of unbranched alkanes of at least 4 members (excludes halogenated alkanes) is 1. The zero-order valence-electron chi connectivity index (χ0n) is 15.9. The molecule has 7 heteroatoms. The van der Waals surface area contributed by atoms with Crippen molar-refractivity contribution in [1.29, 1.82) is 0 Å². The summed E-state index contributed by atoms with van der Waals surface area (Å²) in [6, 6.07) is 8.27. The van der Waals surface area contributed by atoms with Gasteiger partial charge in [-0.1, -0.05) is 37.6 Å². The van der Waals surface area contributed by atoms with Crippen molar-refractivity contribution in [3.63, 3.8) is 0 Å². The first-order chi connectivity index (χ1) is 12.3. The Morgan fingerprint density at radius 1 is 1.12 bits per heavy atom. The lowest BCUT2D eigenvalue weighted by atomic mass is 10.1. The van der Waals surface area contributed by atoms with Gasteiger partial charge in [0.15, 0.2) is 11.8 Å². The van der Waals surface area contributed by atoms with Crippen molar-refractivity contribution in [3.05, 3.63) is 35.7 Å². The van der Waals surface area contributed by atoms with Crippen LogP contribution in [0.1, 0.15) is 45.0 Å². The Hall–Kier alpha value is -1.64. The van der Waals surface area contributed by atoms with Gasteiger partial charge in [0.25, 0.3) is 5.89 Å². The normalized spacial score (nSPS) is 11.1. The molecule has 26 heavy (non-hydrogen) atoms. The number of nitrogens with zero attached hydrogens (tertiary/aromatic N) is 3. The van der Waals surface area contributed by atoms with Crippen LogP contribution in [-0.4, -0.2) is 35.7 Å². The number of rotatable bonds is 9. The number of nitrogens with one attached hydrogen (secondary N) is 2. The molecule has 0 radical (unpaired) electrons. The predicted octanol–water partition coefficient (Wildman–Crippen LogP) is 3.81. The van der Waals surface area contributed by atoms with E-state index in [9.17, 15) is 0 Å². The molecule has 0 fully saturated rings. The maximum atomic E-state index is 5.27. The van der Waals surface area contributed by atoms with Gasteiger partial charge in [-0.25, -0.2) is 0 Å². The van der Waals surface area contributed by atoms with E-state index in [4.69, 9.17) is 4.52 Å². The second kappa shape index (κ2) is 12.7. The molecule has 0 aliphatic heterocycles. The molecule has 2 aromatic rings. The minimum absolute atomic E-state index is 0. The lowest BCUT2D eigenvalue weighted by molar-refractivity contribution is 0.423. The van der Waals surface area contributed by atoms with Crippen molar-refractivity contribution in [1.82, 2.24) is 20.8 Å². The zero-order valence-corrected chi connectivity index (χ0v) is 18.2. The Morgan fingerprint density at radius 3 is 2.50 bits per heavy atom. The number of hydrogen-bond acceptors (Lipinski definition) is 4. The van der Waals surface area contributed by atoms with Gasteiger partial charge in [0, 0.05) is 31.6 Å². The summed E-state index contributed by atoms with van der Waals surface area (Å²) < 4.78 is 5.27. The van der Waals surface area contributed by atoms with Gasteiger partial charge in [-0.15, -0.1) is 24.0 Å². The number of aliphatic imine (C=N–C) groups is 1. The summed E-state index contributed by atoms with van der Waals surface area (Å²) in [5, 5.41) is 10.6. The average Bonchev–Trinajstić information content (AvgIpc) is 3.12. The van der Waals surface area contributed by atoms with E-state index in [0.717, 1.165) is 62.7 Å². The van der Waals surface area contributed by atoms with Crippen LogP contribution in [0, 0.1) is 0 Å². The summed E-state index contributed by atoms with van der Waals surface area (Å²) in [6.45, 7) is 8.85. The molecule has 0 spiro atoms. The van der Waals surface area contributed by atoms with Crippen LogP contribution in [0.4, 0.5) is 0 Å². The van der Waals surface area contributed by atoms with Crippen molar-refractivity contribution in [2.45, 2.75) is 46.5 Å². The van der Waals surface area contributed by atoms with Crippen LogP contribution >= 0.6 is 24.0 Å². The molecule has 1 aromatic carbocycles. The minimum atomic E-state index is 0. The van der Waals surface area contributed by atoms with E-state index in [1.54, 1.807) is 0 Å². The molecule has 0 bridgehead atoms. The SMILES string of the molecule is CCCCN=C(NCC)NCCc1ccc(-c2nc(CC)no2)cc1.I. The minimum Gasteiger partial charge on any atom is -0.357 e. The maximum absolute atomic E-state index is 5.27. The van der Waals surface area contributed by atoms with Crippen molar-refractivity contribution >= 4 is 29.9 Å². The summed E-state index contributed by atoms with van der Waals surface area (Å²) in [6.07, 6.45) is 3.99. The van der Waals surface area contributed by atoms with Gasteiger partial charge >= 0.3 is 0 Å². The van der Waals surface area contributed by atoms with Crippen LogP contribution in [0.5, 0.6) is 0 Å². The highest BCUT2D eigenvalue weighted by molar-refractivity contribution is 14.0. The highest BCUT2D eigenvalue weighted by Crippen LogP contribution is 2.18. The van der Waals surface area contributed by atoms with Gasteiger partial charge in [0.2, 0.25) is 0 Å². The Balaban J connectivity index is 0.00000338. The second-order valence-corrected chi connectivity index (χ2v) is 5.86. The largest absolute Gasteiger partial charge is 0.357 e. The number of hydrogen-bond donors (Lipinski definition) is 2. The third-order valence-corrected chi connectivity index (χ3v) is 3.82. The molecule has 0 aliphatic rings. The molecule has 2 N–H and O–H groups in total. The van der Waals surface area contributed by atoms with Gasteiger partial charge in [-0.3, -0.25) is 4.99 Å². The van der Waals surface area contributed by atoms with Gasteiger partial charge in [-0.05, 0) is 37.5 Å². The Labute approximate surface area is 173 Å². The van der Waals surface area contributed by atoms with Crippen LogP contribution in [-0.2, 0) is 12.8 Å². The standard InChI is InChI=1S/C19H29N5O.HI/c1-4-7-13-21-19(20-6-3)22-14-12-15-8-10-16(11-9-15)18-23-17(5-2)24-25-18;/h8-11H,4-7,12-14H2,1-3H3,(H2,20,21,22);1H.